The van der Waals surface area contributed by atoms with E-state index in [1.807, 2.05) is 6.07 Å². The van der Waals surface area contributed by atoms with Crippen molar-refractivity contribution in [3.05, 3.63) is 251 Å². The normalized spacial score (nSPS) is 14.9. The van der Waals surface area contributed by atoms with Crippen LogP contribution in [0.1, 0.15) is 70.5 Å². The quantitative estimate of drug-likeness (QED) is 0.167. The minimum Gasteiger partial charge on any atom is -0.456 e. The fourth-order valence-electron chi connectivity index (χ4n) is 12.4. The molecule has 0 unspecified atom stereocenters. The van der Waals surface area contributed by atoms with Crippen molar-refractivity contribution in [3.8, 4) is 16.8 Å². The van der Waals surface area contributed by atoms with Crippen molar-refractivity contribution in [3.63, 3.8) is 0 Å². The van der Waals surface area contributed by atoms with Gasteiger partial charge in [-0.3, -0.25) is 0 Å². The van der Waals surface area contributed by atoms with Crippen LogP contribution in [0.4, 0.5) is 17.1 Å². The van der Waals surface area contributed by atoms with Crippen LogP contribution >= 0.6 is 0 Å². The maximum absolute atomic E-state index is 6.88. The van der Waals surface area contributed by atoms with Gasteiger partial charge in [-0.15, -0.1) is 0 Å². The molecule has 0 fully saturated rings. The summed E-state index contributed by atoms with van der Waals surface area (Å²) >= 11 is 0. The number of fused-ring (bicyclic) bond motifs is 9. The van der Waals surface area contributed by atoms with E-state index < -0.39 is 0 Å². The number of para-hydroxylation sites is 4. The Morgan fingerprint density at radius 2 is 1.03 bits per heavy atom. The number of aromatic nitrogens is 1. The summed E-state index contributed by atoms with van der Waals surface area (Å²) in [6.45, 7) is 4.53. The van der Waals surface area contributed by atoms with E-state index in [0.29, 0.717) is 5.92 Å². The first-order chi connectivity index (χ1) is 34.1. The zero-order valence-corrected chi connectivity index (χ0v) is 38.2. The van der Waals surface area contributed by atoms with Crippen LogP contribution in [-0.4, -0.2) is 4.57 Å². The molecule has 69 heavy (non-hydrogen) atoms. The lowest BCUT2D eigenvalue weighted by molar-refractivity contribution is 0.668. The number of anilines is 3. The van der Waals surface area contributed by atoms with Crippen molar-refractivity contribution in [1.29, 1.82) is 0 Å². The molecule has 3 aliphatic rings. The Morgan fingerprint density at radius 3 is 1.77 bits per heavy atom. The number of nitrogens with zero attached hydrogens (tertiary/aromatic N) is 2. The average Bonchev–Trinajstić information content (AvgIpc) is 4.09. The van der Waals surface area contributed by atoms with Gasteiger partial charge in [0.15, 0.2) is 5.58 Å². The van der Waals surface area contributed by atoms with Gasteiger partial charge in [-0.05, 0) is 123 Å². The molecule has 326 valence electrons. The molecule has 13 aromatic rings. The predicted molar refractivity (Wildman–Crippen MR) is 284 cm³/mol. The van der Waals surface area contributed by atoms with Crippen molar-refractivity contribution in [2.45, 2.75) is 31.6 Å². The highest BCUT2D eigenvalue weighted by molar-refractivity contribution is 6.15. The van der Waals surface area contributed by atoms with E-state index in [2.05, 4.69) is 230 Å². The lowest BCUT2D eigenvalue weighted by atomic mass is 9.59. The third-order valence-electron chi connectivity index (χ3n) is 15.4. The lowest BCUT2D eigenvalue weighted by Gasteiger charge is -2.45. The molecule has 3 heterocycles. The Hall–Kier alpha value is -8.60. The average molecular weight is 885 g/mol. The van der Waals surface area contributed by atoms with Crippen LogP contribution in [0.5, 0.6) is 0 Å². The molecule has 3 aromatic heterocycles. The van der Waals surface area contributed by atoms with Crippen LogP contribution in [-0.2, 0) is 0 Å². The van der Waals surface area contributed by atoms with Crippen LogP contribution in [0.3, 0.4) is 0 Å². The van der Waals surface area contributed by atoms with Gasteiger partial charge in [0.1, 0.15) is 16.7 Å². The highest BCUT2D eigenvalue weighted by Crippen LogP contribution is 2.61. The van der Waals surface area contributed by atoms with Crippen molar-refractivity contribution >= 4 is 82.7 Å². The number of benzene rings is 10. The Balaban J connectivity index is 1.01. The van der Waals surface area contributed by atoms with Crippen molar-refractivity contribution in [2.75, 3.05) is 4.90 Å². The molecule has 0 saturated carbocycles. The van der Waals surface area contributed by atoms with Crippen molar-refractivity contribution in [2.24, 2.45) is 0 Å². The molecule has 2 bridgehead atoms. The monoisotopic (exact) mass is 884 g/mol. The van der Waals surface area contributed by atoms with Gasteiger partial charge in [0, 0.05) is 44.5 Å². The van der Waals surface area contributed by atoms with Crippen LogP contribution in [0.25, 0.3) is 82.5 Å². The van der Waals surface area contributed by atoms with Crippen LogP contribution in [0.15, 0.2) is 221 Å². The Labute approximate surface area is 398 Å². The third-order valence-corrected chi connectivity index (χ3v) is 15.4. The Morgan fingerprint density at radius 1 is 0.435 bits per heavy atom. The van der Waals surface area contributed by atoms with Gasteiger partial charge < -0.3 is 18.3 Å². The summed E-state index contributed by atoms with van der Waals surface area (Å²) in [5, 5.41) is 6.91. The van der Waals surface area contributed by atoms with E-state index in [0.717, 1.165) is 72.1 Å². The molecule has 4 nitrogen and oxygen atoms in total. The number of hydrogen-bond acceptors (Lipinski definition) is 3. The minimum absolute atomic E-state index is 0.00980. The summed E-state index contributed by atoms with van der Waals surface area (Å²) < 4.78 is 15.7. The van der Waals surface area contributed by atoms with Gasteiger partial charge in [-0.1, -0.05) is 159 Å². The van der Waals surface area contributed by atoms with Gasteiger partial charge >= 0.3 is 0 Å². The van der Waals surface area contributed by atoms with Gasteiger partial charge in [0.25, 0.3) is 0 Å². The SMILES string of the molecule is CC(C)c1ccc(N(c2ccc(-c3ccc4c(c3)c3ccccc3n4-c3cccc4oc5ccccc5c34)c3c2C2c4ccccc4C3c3ccccc32)c2cccc3c2oc2ccccc23)cc1. The zero-order valence-electron chi connectivity index (χ0n) is 38.2. The first-order valence-electron chi connectivity index (χ1n) is 24.2. The predicted octanol–water partition coefficient (Wildman–Crippen LogP) is 17.8. The molecular weight excluding hydrogens is 841 g/mol. The first-order valence-corrected chi connectivity index (χ1v) is 24.2. The van der Waals surface area contributed by atoms with E-state index >= 15 is 0 Å². The molecule has 0 spiro atoms. The largest absolute Gasteiger partial charge is 0.456 e. The number of furan rings is 2. The van der Waals surface area contributed by atoms with Crippen LogP contribution in [0, 0.1) is 0 Å². The Kier molecular flexibility index (Phi) is 8.06. The van der Waals surface area contributed by atoms with Gasteiger partial charge in [0.05, 0.1) is 33.5 Å². The molecule has 4 heteroatoms. The molecule has 0 radical (unpaired) electrons. The molecule has 10 aromatic carbocycles. The highest BCUT2D eigenvalue weighted by atomic mass is 16.3. The molecule has 0 aliphatic heterocycles. The topological polar surface area (TPSA) is 34.5 Å². The standard InChI is InChI=1S/C65H44N2O2/c1-38(2)39-29-32-41(33-30-39)66(56-25-13-22-49-44-16-8-11-26-57(44)69-65(49)56)55-36-34-42(63-60-45-17-3-5-19-47(45)61(64(55)63)48-20-6-4-18-46(48)60)40-31-35-53-51(37-40)43-15-7-10-23-52(43)67(53)54-24-14-28-59-62(54)50-21-9-12-27-58(50)68-59/h3-38,60-61H,1-2H3. The smallest absolute Gasteiger partial charge is 0.159 e. The van der Waals surface area contributed by atoms with E-state index in [1.54, 1.807) is 0 Å². The van der Waals surface area contributed by atoms with E-state index in [4.69, 9.17) is 8.83 Å². The van der Waals surface area contributed by atoms with Crippen molar-refractivity contribution < 1.29 is 8.83 Å². The highest BCUT2D eigenvalue weighted by Gasteiger charge is 2.45. The number of rotatable bonds is 6. The maximum atomic E-state index is 6.88. The summed E-state index contributed by atoms with van der Waals surface area (Å²) in [6.07, 6.45) is 0. The van der Waals surface area contributed by atoms with Crippen molar-refractivity contribution in [1.82, 2.24) is 4.57 Å². The summed E-state index contributed by atoms with van der Waals surface area (Å²) in [5.74, 6) is 0.451. The lowest BCUT2D eigenvalue weighted by Crippen LogP contribution is -2.30. The van der Waals surface area contributed by atoms with E-state index in [-0.39, 0.29) is 11.8 Å². The van der Waals surface area contributed by atoms with E-state index in [1.165, 1.54) is 66.4 Å². The molecule has 3 aliphatic carbocycles. The van der Waals surface area contributed by atoms with E-state index in [9.17, 15) is 0 Å². The molecule has 0 amide bonds. The number of hydrogen-bond donors (Lipinski definition) is 0. The first kappa shape index (κ1) is 38.5. The molecule has 0 N–H and O–H groups in total. The van der Waals surface area contributed by atoms with Gasteiger partial charge in [0.2, 0.25) is 0 Å². The summed E-state index contributed by atoms with van der Waals surface area (Å²) in [5.41, 5.74) is 22.3. The molecule has 16 rings (SSSR count). The zero-order chi connectivity index (χ0) is 45.5. The van der Waals surface area contributed by atoms with Gasteiger partial charge in [-0.25, -0.2) is 0 Å². The summed E-state index contributed by atoms with van der Waals surface area (Å²) in [7, 11) is 0. The Bertz CT molecular complexity index is 4210. The van der Waals surface area contributed by atoms with Crippen LogP contribution in [0.2, 0.25) is 0 Å². The second kappa shape index (κ2) is 14.5. The van der Waals surface area contributed by atoms with Gasteiger partial charge in [-0.2, -0.15) is 0 Å². The molecular formula is C65H44N2O2. The summed E-state index contributed by atoms with van der Waals surface area (Å²) in [4.78, 5) is 2.49. The second-order valence-corrected chi connectivity index (χ2v) is 19.3. The summed E-state index contributed by atoms with van der Waals surface area (Å²) in [6, 6.07) is 78.2. The minimum atomic E-state index is 0.00980. The second-order valence-electron chi connectivity index (χ2n) is 19.3. The molecule has 0 saturated heterocycles. The maximum Gasteiger partial charge on any atom is 0.159 e. The van der Waals surface area contributed by atoms with Crippen LogP contribution < -0.4 is 4.90 Å². The molecule has 0 atom stereocenters. The fraction of sp³-hybridized carbons (Fsp3) is 0.0769. The fourth-order valence-corrected chi connectivity index (χ4v) is 12.4. The third kappa shape index (κ3) is 5.40.